The van der Waals surface area contributed by atoms with Crippen molar-refractivity contribution in [2.24, 2.45) is 0 Å². The van der Waals surface area contributed by atoms with Crippen molar-refractivity contribution in [2.45, 2.75) is 12.5 Å². The molecular weight excluding hydrogens is 411 g/mol. The van der Waals surface area contributed by atoms with Gasteiger partial charge in [0.15, 0.2) is 5.60 Å². The lowest BCUT2D eigenvalue weighted by Gasteiger charge is -2.40. The lowest BCUT2D eigenvalue weighted by molar-refractivity contribution is -0.0987. The van der Waals surface area contributed by atoms with E-state index >= 15 is 0 Å². The standard InChI is InChI=1S/C21H16Cl2O2.2CH2O/c1-13-5-3-4-6-16(13)21(24-2)17-9-7-14(22)11-19(17)25-20-12-15(23)8-10-18(20)21;2*1-2/h3-12H,1-2H3;2*1H2. The Morgan fingerprint density at radius 3 is 1.72 bits per heavy atom. The molecule has 0 amide bonds. The molecule has 0 unspecified atom stereocenters. The minimum atomic E-state index is -0.788. The number of ether oxygens (including phenoxy) is 2. The molecule has 0 fully saturated rings. The van der Waals surface area contributed by atoms with E-state index in [0.29, 0.717) is 21.5 Å². The number of methoxy groups -OCH3 is 1. The van der Waals surface area contributed by atoms with Gasteiger partial charge in [-0.3, -0.25) is 0 Å². The molecule has 150 valence electrons. The molecule has 1 aliphatic rings. The molecule has 0 atom stereocenters. The zero-order valence-corrected chi connectivity index (χ0v) is 17.6. The Kier molecular flexibility index (Phi) is 7.57. The van der Waals surface area contributed by atoms with Gasteiger partial charge in [0.2, 0.25) is 0 Å². The molecule has 6 heteroatoms. The van der Waals surface area contributed by atoms with E-state index in [-0.39, 0.29) is 0 Å². The van der Waals surface area contributed by atoms with Gasteiger partial charge < -0.3 is 19.1 Å². The third-order valence-electron chi connectivity index (χ3n) is 4.70. The fourth-order valence-corrected chi connectivity index (χ4v) is 3.92. The minimum Gasteiger partial charge on any atom is -0.456 e. The normalized spacial score (nSPS) is 12.7. The summed E-state index contributed by atoms with van der Waals surface area (Å²) in [6.07, 6.45) is 0. The fourth-order valence-electron chi connectivity index (χ4n) is 3.59. The maximum atomic E-state index is 8.00. The van der Waals surface area contributed by atoms with Crippen LogP contribution in [0.3, 0.4) is 0 Å². The van der Waals surface area contributed by atoms with Crippen LogP contribution in [0.25, 0.3) is 0 Å². The monoisotopic (exact) mass is 430 g/mol. The molecule has 1 aliphatic heterocycles. The van der Waals surface area contributed by atoms with Crippen molar-refractivity contribution in [2.75, 3.05) is 7.11 Å². The molecule has 0 saturated heterocycles. The quantitative estimate of drug-likeness (QED) is 0.501. The second kappa shape index (κ2) is 9.70. The van der Waals surface area contributed by atoms with Gasteiger partial charge >= 0.3 is 0 Å². The van der Waals surface area contributed by atoms with Crippen LogP contribution in [-0.4, -0.2) is 20.7 Å². The molecule has 0 spiro atoms. The first kappa shape index (κ1) is 22.6. The zero-order chi connectivity index (χ0) is 21.6. The molecule has 4 rings (SSSR count). The van der Waals surface area contributed by atoms with Crippen LogP contribution in [0.2, 0.25) is 10.0 Å². The number of carbonyl (C=O) groups is 2. The topological polar surface area (TPSA) is 52.6 Å². The van der Waals surface area contributed by atoms with E-state index < -0.39 is 5.60 Å². The summed E-state index contributed by atoms with van der Waals surface area (Å²) in [5.41, 5.74) is 3.25. The second-order valence-electron chi connectivity index (χ2n) is 6.08. The van der Waals surface area contributed by atoms with Gasteiger partial charge in [-0.1, -0.05) is 59.6 Å². The van der Waals surface area contributed by atoms with Crippen LogP contribution in [0.15, 0.2) is 60.7 Å². The molecule has 4 nitrogen and oxygen atoms in total. The number of aryl methyl sites for hydroxylation is 1. The van der Waals surface area contributed by atoms with E-state index in [1.54, 1.807) is 7.11 Å². The Morgan fingerprint density at radius 1 is 0.793 bits per heavy atom. The summed E-state index contributed by atoms with van der Waals surface area (Å²) < 4.78 is 12.3. The highest BCUT2D eigenvalue weighted by molar-refractivity contribution is 6.31. The van der Waals surface area contributed by atoms with Crippen LogP contribution < -0.4 is 4.74 Å². The van der Waals surface area contributed by atoms with E-state index in [4.69, 9.17) is 42.3 Å². The van der Waals surface area contributed by atoms with Crippen molar-refractivity contribution < 1.29 is 19.1 Å². The van der Waals surface area contributed by atoms with Crippen molar-refractivity contribution in [1.29, 1.82) is 0 Å². The maximum Gasteiger partial charge on any atom is 0.150 e. The molecule has 0 aliphatic carbocycles. The molecule has 1 heterocycles. The molecule has 0 aromatic heterocycles. The van der Waals surface area contributed by atoms with Gasteiger partial charge in [0.1, 0.15) is 25.1 Å². The van der Waals surface area contributed by atoms with Crippen LogP contribution in [-0.2, 0) is 19.9 Å². The van der Waals surface area contributed by atoms with Crippen LogP contribution in [0.1, 0.15) is 22.3 Å². The first-order valence-corrected chi connectivity index (χ1v) is 9.29. The Morgan fingerprint density at radius 2 is 1.28 bits per heavy atom. The number of rotatable bonds is 2. The summed E-state index contributed by atoms with van der Waals surface area (Å²) >= 11 is 12.4. The Balaban J connectivity index is 0.000000707. The first-order chi connectivity index (χ1) is 14.1. The average Bonchev–Trinajstić information content (AvgIpc) is 2.75. The van der Waals surface area contributed by atoms with Crippen LogP contribution >= 0.6 is 23.2 Å². The van der Waals surface area contributed by atoms with Crippen molar-refractivity contribution >= 4 is 36.8 Å². The van der Waals surface area contributed by atoms with E-state index in [9.17, 15) is 0 Å². The molecule has 0 N–H and O–H groups in total. The van der Waals surface area contributed by atoms with Crippen LogP contribution in [0, 0.1) is 6.92 Å². The summed E-state index contributed by atoms with van der Waals surface area (Å²) in [4.78, 5) is 16.0. The predicted molar refractivity (Wildman–Crippen MR) is 115 cm³/mol. The van der Waals surface area contributed by atoms with Crippen LogP contribution in [0.5, 0.6) is 11.5 Å². The third kappa shape index (κ3) is 3.92. The van der Waals surface area contributed by atoms with Gasteiger partial charge in [-0.05, 0) is 42.3 Å². The van der Waals surface area contributed by atoms with Gasteiger partial charge in [0, 0.05) is 28.3 Å². The third-order valence-corrected chi connectivity index (χ3v) is 5.17. The summed E-state index contributed by atoms with van der Waals surface area (Å²) in [6, 6.07) is 19.5. The number of halogens is 2. The highest BCUT2D eigenvalue weighted by atomic mass is 35.5. The van der Waals surface area contributed by atoms with E-state index in [0.717, 1.165) is 22.3 Å². The van der Waals surface area contributed by atoms with E-state index in [1.165, 1.54) is 0 Å². The number of fused-ring (bicyclic) bond motifs is 2. The molecule has 29 heavy (non-hydrogen) atoms. The second-order valence-corrected chi connectivity index (χ2v) is 6.96. The average molecular weight is 431 g/mol. The minimum absolute atomic E-state index is 0.610. The number of carbonyl (C=O) groups excluding carboxylic acids is 2. The summed E-state index contributed by atoms with van der Waals surface area (Å²) in [6.45, 7) is 6.08. The fraction of sp³-hybridized carbons (Fsp3) is 0.130. The summed E-state index contributed by atoms with van der Waals surface area (Å²) in [5.74, 6) is 1.35. The Hall–Kier alpha value is -2.66. The van der Waals surface area contributed by atoms with Crippen molar-refractivity contribution in [1.82, 2.24) is 0 Å². The molecule has 3 aromatic carbocycles. The molecule has 3 aromatic rings. The highest BCUT2D eigenvalue weighted by Gasteiger charge is 2.45. The van der Waals surface area contributed by atoms with Crippen LogP contribution in [0.4, 0.5) is 0 Å². The SMILES string of the molecule is C=O.C=O.COC1(c2ccccc2C)c2ccc(Cl)cc2Oc2cc(Cl)ccc21. The molecular formula is C23H20Cl2O4. The number of hydrogen-bond donors (Lipinski definition) is 0. The van der Waals surface area contributed by atoms with Gasteiger partial charge in [0.25, 0.3) is 0 Å². The smallest absolute Gasteiger partial charge is 0.150 e. The lowest BCUT2D eigenvalue weighted by Crippen LogP contribution is -2.35. The molecule has 0 bridgehead atoms. The Bertz CT molecular complexity index is 950. The molecule has 0 saturated carbocycles. The van der Waals surface area contributed by atoms with Crippen molar-refractivity contribution in [3.8, 4) is 11.5 Å². The van der Waals surface area contributed by atoms with E-state index in [1.807, 2.05) is 62.1 Å². The number of hydrogen-bond acceptors (Lipinski definition) is 4. The van der Waals surface area contributed by atoms with Gasteiger partial charge in [-0.2, -0.15) is 0 Å². The predicted octanol–water partition coefficient (Wildman–Crippen LogP) is 5.98. The highest BCUT2D eigenvalue weighted by Crippen LogP contribution is 2.53. The zero-order valence-electron chi connectivity index (χ0n) is 16.1. The van der Waals surface area contributed by atoms with Crippen molar-refractivity contribution in [3.05, 3.63) is 93.0 Å². The van der Waals surface area contributed by atoms with Gasteiger partial charge in [0.05, 0.1) is 0 Å². The van der Waals surface area contributed by atoms with E-state index in [2.05, 4.69) is 19.1 Å². The maximum absolute atomic E-state index is 8.00. The lowest BCUT2D eigenvalue weighted by atomic mass is 9.76. The van der Waals surface area contributed by atoms with Crippen molar-refractivity contribution in [3.63, 3.8) is 0 Å². The van der Waals surface area contributed by atoms with Gasteiger partial charge in [-0.15, -0.1) is 0 Å². The molecule has 0 radical (unpaired) electrons. The van der Waals surface area contributed by atoms with Gasteiger partial charge in [-0.25, -0.2) is 0 Å². The number of benzene rings is 3. The Labute approximate surface area is 180 Å². The summed E-state index contributed by atoms with van der Waals surface area (Å²) in [7, 11) is 1.72. The summed E-state index contributed by atoms with van der Waals surface area (Å²) in [5, 5.41) is 1.22. The largest absolute Gasteiger partial charge is 0.456 e. The first-order valence-electron chi connectivity index (χ1n) is 8.53.